The molecule has 0 atom stereocenters. The number of hydrogen-bond donors (Lipinski definition) is 0. The Kier molecular flexibility index (Phi) is 12.1. The van der Waals surface area contributed by atoms with Crippen molar-refractivity contribution in [2.45, 2.75) is 77.4 Å². The molecule has 4 aromatic carbocycles. The fourth-order valence-corrected chi connectivity index (χ4v) is 7.65. The highest BCUT2D eigenvalue weighted by Crippen LogP contribution is 2.49. The third-order valence-corrected chi connectivity index (χ3v) is 10.8. The zero-order valence-electron chi connectivity index (χ0n) is 29.9. The molecule has 10 heteroatoms. The molecule has 2 aliphatic rings. The lowest BCUT2D eigenvalue weighted by Crippen LogP contribution is -2.39. The van der Waals surface area contributed by atoms with E-state index in [4.69, 9.17) is 29.0 Å². The van der Waals surface area contributed by atoms with E-state index in [2.05, 4.69) is 13.8 Å². The molecule has 2 saturated carbocycles. The Morgan fingerprint density at radius 2 is 0.811 bits per heavy atom. The van der Waals surface area contributed by atoms with Crippen LogP contribution in [0.5, 0.6) is 0 Å². The van der Waals surface area contributed by atoms with Crippen LogP contribution in [-0.4, -0.2) is 36.5 Å². The number of hydrogen-bond acceptors (Lipinski definition) is 10. The van der Waals surface area contributed by atoms with Gasteiger partial charge in [-0.3, -0.25) is 0 Å². The zero-order valence-corrected chi connectivity index (χ0v) is 29.9. The Labute approximate surface area is 309 Å². The van der Waals surface area contributed by atoms with Gasteiger partial charge in [-0.15, -0.1) is 0 Å². The molecule has 6 rings (SSSR count). The van der Waals surface area contributed by atoms with Gasteiger partial charge in [0.05, 0.1) is 11.1 Å². The van der Waals surface area contributed by atoms with Gasteiger partial charge in [-0.05, 0) is 115 Å². The normalized spacial score (nSPS) is 20.0. The maximum Gasteiger partial charge on any atom is 0.550 e. The van der Waals surface area contributed by atoms with Gasteiger partial charge in [0.15, 0.2) is 0 Å². The monoisotopic (exact) mass is 720 g/mol. The summed E-state index contributed by atoms with van der Waals surface area (Å²) in [7, 11) is 0. The van der Waals surface area contributed by atoms with E-state index in [0.29, 0.717) is 37.5 Å². The Balaban J connectivity index is 0.880. The van der Waals surface area contributed by atoms with Crippen molar-refractivity contribution in [3.05, 3.63) is 120 Å². The number of rotatable bonds is 8. The summed E-state index contributed by atoms with van der Waals surface area (Å²) in [6, 6.07) is 33.0. The van der Waals surface area contributed by atoms with Crippen LogP contribution in [0.4, 0.5) is 9.59 Å². The molecule has 0 radical (unpaired) electrons. The molecule has 2 aliphatic carbocycles. The van der Waals surface area contributed by atoms with Crippen molar-refractivity contribution in [1.82, 2.24) is 0 Å². The average molecular weight is 721 g/mol. The minimum absolute atomic E-state index is 0.0184. The van der Waals surface area contributed by atoms with E-state index < -0.39 is 24.2 Å². The molecule has 2 fully saturated rings. The Morgan fingerprint density at radius 3 is 1.19 bits per heavy atom. The van der Waals surface area contributed by atoms with Gasteiger partial charge in [-0.25, -0.2) is 29.1 Å². The molecule has 0 saturated heterocycles. The highest BCUT2D eigenvalue weighted by atomic mass is 17.2. The molecule has 10 nitrogen and oxygen atoms in total. The molecule has 0 N–H and O–H groups in total. The maximum absolute atomic E-state index is 12.5. The molecule has 0 heterocycles. The number of carbonyl (C=O) groups is 4. The Morgan fingerprint density at radius 1 is 0.453 bits per heavy atom. The predicted octanol–water partition coefficient (Wildman–Crippen LogP) is 10.3. The smallest absolute Gasteiger partial charge is 0.428 e. The van der Waals surface area contributed by atoms with Crippen LogP contribution in [0.2, 0.25) is 0 Å². The van der Waals surface area contributed by atoms with Crippen molar-refractivity contribution < 1.29 is 48.2 Å². The standard InChI is InChI=1S/C43H44O10/c1-43(2,35-19-23-37(24-20-35)48-41(46)52-50-39(44)33-17-9-15-31(27-33)29-11-5-3-6-12-29)36-21-25-38(26-22-36)49-42(47)53-51-40(45)34-18-10-16-32(28-34)30-13-7-4-8-14-30/h3-18,27-28,35-38H,19-26H2,1-2H3. The van der Waals surface area contributed by atoms with Crippen LogP contribution in [0.15, 0.2) is 109 Å². The predicted molar refractivity (Wildman–Crippen MR) is 195 cm³/mol. The van der Waals surface area contributed by atoms with Gasteiger partial charge >= 0.3 is 24.2 Å². The summed E-state index contributed by atoms with van der Waals surface area (Å²) in [5.74, 6) is -0.737. The first-order valence-corrected chi connectivity index (χ1v) is 18.2. The Hall–Kier alpha value is -5.64. The molecule has 0 unspecified atom stereocenters. The SMILES string of the molecule is CC(C)(C1CCC(OC(=O)OOC(=O)c2cccc(-c3ccccc3)c2)CC1)C1CCC(OC(=O)OOC(=O)c2cccc(-c3ccccc3)c2)CC1. The largest absolute Gasteiger partial charge is 0.550 e. The molecular formula is C43H44O10. The molecule has 0 aromatic heterocycles. The van der Waals surface area contributed by atoms with Crippen molar-refractivity contribution in [3.8, 4) is 22.3 Å². The van der Waals surface area contributed by atoms with E-state index in [1.54, 1.807) is 36.4 Å². The number of carbonyl (C=O) groups excluding carboxylic acids is 4. The fourth-order valence-electron chi connectivity index (χ4n) is 7.65. The lowest BCUT2D eigenvalue weighted by atomic mass is 9.60. The van der Waals surface area contributed by atoms with Crippen molar-refractivity contribution in [2.24, 2.45) is 17.3 Å². The van der Waals surface area contributed by atoms with Crippen molar-refractivity contribution in [3.63, 3.8) is 0 Å². The van der Waals surface area contributed by atoms with Crippen molar-refractivity contribution in [2.75, 3.05) is 0 Å². The van der Waals surface area contributed by atoms with Gasteiger partial charge < -0.3 is 9.47 Å². The van der Waals surface area contributed by atoms with Crippen molar-refractivity contribution in [1.29, 1.82) is 0 Å². The average Bonchev–Trinajstić information content (AvgIpc) is 3.20. The Bertz CT molecular complexity index is 1720. The van der Waals surface area contributed by atoms with Crippen LogP contribution in [0, 0.1) is 17.3 Å². The molecule has 53 heavy (non-hydrogen) atoms. The van der Waals surface area contributed by atoms with Gasteiger partial charge in [-0.2, -0.15) is 9.59 Å². The molecular weight excluding hydrogens is 676 g/mol. The third-order valence-electron chi connectivity index (χ3n) is 10.8. The van der Waals surface area contributed by atoms with Gasteiger partial charge in [-0.1, -0.05) is 98.8 Å². The fraction of sp³-hybridized carbons (Fsp3) is 0.349. The maximum atomic E-state index is 12.5. The second kappa shape index (κ2) is 17.3. The highest BCUT2D eigenvalue weighted by molar-refractivity contribution is 5.91. The molecule has 4 aromatic rings. The van der Waals surface area contributed by atoms with Crippen LogP contribution in [-0.2, 0) is 29.0 Å². The molecule has 0 spiro atoms. The zero-order chi connectivity index (χ0) is 37.2. The second-order valence-electron chi connectivity index (χ2n) is 14.3. The summed E-state index contributed by atoms with van der Waals surface area (Å²) >= 11 is 0. The lowest BCUT2D eigenvalue weighted by Gasteiger charge is -2.46. The second-order valence-corrected chi connectivity index (χ2v) is 14.3. The summed E-state index contributed by atoms with van der Waals surface area (Å²) < 4.78 is 11.0. The molecule has 0 bridgehead atoms. The summed E-state index contributed by atoms with van der Waals surface area (Å²) in [6.07, 6.45) is 3.47. The topological polar surface area (TPSA) is 124 Å². The minimum atomic E-state index is -1.04. The van der Waals surface area contributed by atoms with Gasteiger partial charge in [0.1, 0.15) is 12.2 Å². The summed E-state index contributed by atoms with van der Waals surface area (Å²) in [5.41, 5.74) is 4.10. The van der Waals surface area contributed by atoms with Crippen LogP contribution >= 0.6 is 0 Å². The lowest BCUT2D eigenvalue weighted by molar-refractivity contribution is -0.209. The van der Waals surface area contributed by atoms with Crippen molar-refractivity contribution >= 4 is 24.2 Å². The van der Waals surface area contributed by atoms with Gasteiger partial charge in [0.2, 0.25) is 0 Å². The highest BCUT2D eigenvalue weighted by Gasteiger charge is 2.41. The van der Waals surface area contributed by atoms with Crippen LogP contribution in [0.3, 0.4) is 0 Å². The van der Waals surface area contributed by atoms with Gasteiger partial charge in [0.25, 0.3) is 0 Å². The minimum Gasteiger partial charge on any atom is -0.428 e. The molecule has 0 amide bonds. The molecule has 0 aliphatic heterocycles. The first kappa shape index (κ1) is 37.1. The first-order valence-electron chi connectivity index (χ1n) is 18.2. The van der Waals surface area contributed by atoms with Gasteiger partial charge in [0, 0.05) is 0 Å². The van der Waals surface area contributed by atoms with E-state index in [1.807, 2.05) is 72.8 Å². The summed E-state index contributed by atoms with van der Waals surface area (Å²) in [6.45, 7) is 4.57. The van der Waals surface area contributed by atoms with E-state index in [1.165, 1.54) is 0 Å². The van der Waals surface area contributed by atoms with E-state index in [-0.39, 0.29) is 28.7 Å². The number of benzene rings is 4. The first-order chi connectivity index (χ1) is 25.7. The number of ether oxygens (including phenoxy) is 2. The van der Waals surface area contributed by atoms with E-state index in [0.717, 1.165) is 47.9 Å². The summed E-state index contributed by atoms with van der Waals surface area (Å²) in [4.78, 5) is 68.9. The molecule has 276 valence electrons. The van der Waals surface area contributed by atoms with E-state index in [9.17, 15) is 19.2 Å². The van der Waals surface area contributed by atoms with Crippen LogP contribution in [0.1, 0.15) is 85.9 Å². The third kappa shape index (κ3) is 9.83. The van der Waals surface area contributed by atoms with Crippen LogP contribution in [0.25, 0.3) is 22.3 Å². The quantitative estimate of drug-likeness (QED) is 0.0987. The summed E-state index contributed by atoms with van der Waals surface area (Å²) in [5, 5.41) is 0. The van der Waals surface area contributed by atoms with Crippen LogP contribution < -0.4 is 0 Å². The van der Waals surface area contributed by atoms with E-state index >= 15 is 0 Å².